The summed E-state index contributed by atoms with van der Waals surface area (Å²) in [5.41, 5.74) is -0.286. The van der Waals surface area contributed by atoms with E-state index >= 15 is 0 Å². The van der Waals surface area contributed by atoms with Crippen LogP contribution in [0.15, 0.2) is 18.2 Å². The van der Waals surface area contributed by atoms with Crippen LogP contribution in [0.5, 0.6) is 0 Å². The van der Waals surface area contributed by atoms with Gasteiger partial charge in [0, 0.05) is 7.05 Å². The molecule has 0 atom stereocenters. The van der Waals surface area contributed by atoms with E-state index in [9.17, 15) is 13.2 Å². The molecule has 1 rings (SSSR count). The van der Waals surface area contributed by atoms with E-state index in [1.807, 2.05) is 0 Å². The molecule has 1 aromatic carbocycles. The quantitative estimate of drug-likeness (QED) is 0.804. The average molecular weight is 320 g/mol. The van der Waals surface area contributed by atoms with E-state index < -0.39 is 21.6 Å². The van der Waals surface area contributed by atoms with Crippen LogP contribution in [-0.2, 0) is 14.8 Å². The smallest absolute Gasteiger partial charge is 0.340 e. The van der Waals surface area contributed by atoms with Gasteiger partial charge in [0.2, 0.25) is 10.0 Å². The Hall–Kier alpha value is -1.27. The van der Waals surface area contributed by atoms with E-state index in [0.29, 0.717) is 0 Å². The first kappa shape index (κ1) is 16.8. The summed E-state index contributed by atoms with van der Waals surface area (Å²) in [7, 11) is -2.09. The van der Waals surface area contributed by atoms with E-state index in [4.69, 9.17) is 16.3 Å². The number of hydrogen-bond donors (Lipinski definition) is 0. The number of hydrogen-bond acceptors (Lipinski definition) is 4. The molecule has 0 amide bonds. The summed E-state index contributed by atoms with van der Waals surface area (Å²) in [6.45, 7) is 5.22. The normalized spacial score (nSPS) is 12.1. The second-order valence-corrected chi connectivity index (χ2v) is 7.76. The second kappa shape index (κ2) is 5.61. The number of benzene rings is 1. The fourth-order valence-corrected chi connectivity index (χ4v) is 2.32. The van der Waals surface area contributed by atoms with Crippen LogP contribution in [0.4, 0.5) is 5.69 Å². The third-order valence-electron chi connectivity index (χ3n) is 2.43. The fourth-order valence-electron chi connectivity index (χ4n) is 1.43. The van der Waals surface area contributed by atoms with Crippen molar-refractivity contribution in [2.75, 3.05) is 17.6 Å². The van der Waals surface area contributed by atoms with Crippen molar-refractivity contribution >= 4 is 33.3 Å². The number of sulfonamides is 1. The molecule has 0 saturated heterocycles. The van der Waals surface area contributed by atoms with E-state index in [0.717, 1.165) is 10.6 Å². The van der Waals surface area contributed by atoms with Crippen molar-refractivity contribution in [3.8, 4) is 0 Å². The highest BCUT2D eigenvalue weighted by Crippen LogP contribution is 2.31. The summed E-state index contributed by atoms with van der Waals surface area (Å²) in [5, 5.41) is 0.0506. The molecule has 0 heterocycles. The zero-order valence-corrected chi connectivity index (χ0v) is 13.7. The lowest BCUT2D eigenvalue weighted by Gasteiger charge is -2.22. The summed E-state index contributed by atoms with van der Waals surface area (Å²) in [6.07, 6.45) is 1.06. The molecule has 0 aliphatic rings. The molecule has 0 fully saturated rings. The van der Waals surface area contributed by atoms with Gasteiger partial charge in [-0.15, -0.1) is 0 Å². The van der Waals surface area contributed by atoms with Crippen LogP contribution >= 0.6 is 11.6 Å². The van der Waals surface area contributed by atoms with Gasteiger partial charge in [-0.2, -0.15) is 0 Å². The maximum absolute atomic E-state index is 12.0. The van der Waals surface area contributed by atoms with Gasteiger partial charge in [-0.3, -0.25) is 4.31 Å². The highest BCUT2D eigenvalue weighted by Gasteiger charge is 2.23. The Morgan fingerprint density at radius 3 is 2.30 bits per heavy atom. The van der Waals surface area contributed by atoms with E-state index in [1.54, 1.807) is 26.8 Å². The Labute approximate surface area is 124 Å². The Morgan fingerprint density at radius 1 is 1.30 bits per heavy atom. The molecule has 0 bridgehead atoms. The minimum Gasteiger partial charge on any atom is -0.456 e. The number of halogens is 1. The number of ether oxygens (including phenoxy) is 1. The predicted molar refractivity (Wildman–Crippen MR) is 79.9 cm³/mol. The Morgan fingerprint density at radius 2 is 1.85 bits per heavy atom. The van der Waals surface area contributed by atoms with Crippen LogP contribution in [0.3, 0.4) is 0 Å². The van der Waals surface area contributed by atoms with Crippen LogP contribution in [-0.4, -0.2) is 33.3 Å². The van der Waals surface area contributed by atoms with Crippen molar-refractivity contribution in [2.24, 2.45) is 0 Å². The topological polar surface area (TPSA) is 63.7 Å². The van der Waals surface area contributed by atoms with Crippen molar-refractivity contribution in [2.45, 2.75) is 26.4 Å². The van der Waals surface area contributed by atoms with E-state index in [1.165, 1.54) is 19.2 Å². The van der Waals surface area contributed by atoms with Crippen LogP contribution < -0.4 is 4.31 Å². The van der Waals surface area contributed by atoms with Crippen LogP contribution in [0, 0.1) is 0 Å². The molecule has 0 radical (unpaired) electrons. The molecule has 7 heteroatoms. The maximum atomic E-state index is 12.0. The van der Waals surface area contributed by atoms with Crippen molar-refractivity contribution in [3.05, 3.63) is 28.8 Å². The number of anilines is 1. The lowest BCUT2D eigenvalue weighted by molar-refractivity contribution is 0.00698. The van der Waals surface area contributed by atoms with Crippen LogP contribution in [0.25, 0.3) is 0 Å². The highest BCUT2D eigenvalue weighted by atomic mass is 35.5. The second-order valence-electron chi connectivity index (χ2n) is 5.37. The maximum Gasteiger partial charge on any atom is 0.340 e. The zero-order chi connectivity index (χ0) is 15.7. The van der Waals surface area contributed by atoms with Gasteiger partial charge in [-0.05, 0) is 32.9 Å². The van der Waals surface area contributed by atoms with Gasteiger partial charge in [0.05, 0.1) is 22.5 Å². The van der Waals surface area contributed by atoms with Gasteiger partial charge in [0.15, 0.2) is 0 Å². The van der Waals surface area contributed by atoms with Crippen LogP contribution in [0.1, 0.15) is 31.1 Å². The molecular formula is C13H18ClNO4S. The number of carbonyl (C=O) groups is 1. The number of rotatable bonds is 3. The minimum atomic E-state index is -3.46. The fraction of sp³-hybridized carbons (Fsp3) is 0.462. The first-order valence-corrected chi connectivity index (χ1v) is 8.12. The van der Waals surface area contributed by atoms with Gasteiger partial charge < -0.3 is 4.74 Å². The summed E-state index contributed by atoms with van der Waals surface area (Å²) in [4.78, 5) is 12.0. The minimum absolute atomic E-state index is 0.0506. The van der Waals surface area contributed by atoms with Crippen LogP contribution in [0.2, 0.25) is 5.02 Å². The van der Waals surface area contributed by atoms with Gasteiger partial charge in [0.1, 0.15) is 5.60 Å². The molecule has 112 valence electrons. The summed E-state index contributed by atoms with van der Waals surface area (Å²) < 4.78 is 29.3. The first-order valence-electron chi connectivity index (χ1n) is 5.89. The molecule has 0 aromatic heterocycles. The summed E-state index contributed by atoms with van der Waals surface area (Å²) in [5.74, 6) is -0.591. The molecule has 0 aliphatic carbocycles. The largest absolute Gasteiger partial charge is 0.456 e. The van der Waals surface area contributed by atoms with Gasteiger partial charge in [-0.1, -0.05) is 17.7 Å². The number of carbonyl (C=O) groups excluding carboxylic acids is 1. The average Bonchev–Trinajstić information content (AvgIpc) is 2.24. The monoisotopic (exact) mass is 319 g/mol. The summed E-state index contributed by atoms with van der Waals surface area (Å²) >= 11 is 6.13. The Kier molecular flexibility index (Phi) is 4.71. The third-order valence-corrected chi connectivity index (χ3v) is 4.02. The lowest BCUT2D eigenvalue weighted by Crippen LogP contribution is -2.27. The molecule has 5 nitrogen and oxygen atoms in total. The van der Waals surface area contributed by atoms with E-state index in [2.05, 4.69) is 0 Å². The van der Waals surface area contributed by atoms with Crippen molar-refractivity contribution in [1.29, 1.82) is 0 Å². The van der Waals surface area contributed by atoms with E-state index in [-0.39, 0.29) is 16.3 Å². The predicted octanol–water partition coefficient (Wildman–Crippen LogP) is 2.69. The van der Waals surface area contributed by atoms with Crippen molar-refractivity contribution in [3.63, 3.8) is 0 Å². The van der Waals surface area contributed by atoms with Gasteiger partial charge >= 0.3 is 5.97 Å². The standard InChI is InChI=1S/C13H18ClNO4S/c1-13(2,3)19-12(16)9-7-6-8-10(11(9)14)15(4)20(5,17)18/h6-8H,1-5H3. The molecule has 0 aliphatic heterocycles. The Bertz CT molecular complexity index is 620. The molecular weight excluding hydrogens is 302 g/mol. The Balaban J connectivity index is 3.24. The molecule has 0 saturated carbocycles. The molecule has 1 aromatic rings. The van der Waals surface area contributed by atoms with Crippen molar-refractivity contribution in [1.82, 2.24) is 0 Å². The van der Waals surface area contributed by atoms with Gasteiger partial charge in [-0.25, -0.2) is 13.2 Å². The van der Waals surface area contributed by atoms with Gasteiger partial charge in [0.25, 0.3) is 0 Å². The first-order chi connectivity index (χ1) is 8.93. The molecule has 20 heavy (non-hydrogen) atoms. The highest BCUT2D eigenvalue weighted by molar-refractivity contribution is 7.92. The zero-order valence-electron chi connectivity index (χ0n) is 12.1. The third kappa shape index (κ3) is 4.11. The molecule has 0 unspecified atom stereocenters. The van der Waals surface area contributed by atoms with Crippen molar-refractivity contribution < 1.29 is 17.9 Å². The molecule has 0 N–H and O–H groups in total. The molecule has 0 spiro atoms. The number of esters is 1. The lowest BCUT2D eigenvalue weighted by atomic mass is 10.1. The summed E-state index contributed by atoms with van der Waals surface area (Å²) in [6, 6.07) is 4.58. The SMILES string of the molecule is CN(c1cccc(C(=O)OC(C)(C)C)c1Cl)S(C)(=O)=O. The number of nitrogens with zero attached hydrogens (tertiary/aromatic N) is 1.